The molecule has 0 aliphatic heterocycles. The van der Waals surface area contributed by atoms with E-state index in [1.807, 2.05) is 0 Å². The van der Waals surface area contributed by atoms with Crippen LogP contribution in [0.3, 0.4) is 0 Å². The van der Waals surface area contributed by atoms with Crippen LogP contribution in [0.25, 0.3) is 0 Å². The number of benzene rings is 1. The first-order chi connectivity index (χ1) is 9.52. The molecule has 5 nitrogen and oxygen atoms in total. The Balaban J connectivity index is 2.21. The SMILES string of the molecule is COC(=O)c1ccc(F)cc1NC(=O)C1CCCC1N. The van der Waals surface area contributed by atoms with Crippen LogP contribution >= 0.6 is 0 Å². The van der Waals surface area contributed by atoms with Gasteiger partial charge in [0.1, 0.15) is 5.82 Å². The molecule has 1 aliphatic carbocycles. The predicted octanol–water partition coefficient (Wildman–Crippen LogP) is 1.68. The molecule has 6 heteroatoms. The van der Waals surface area contributed by atoms with Gasteiger partial charge in [0.15, 0.2) is 0 Å². The monoisotopic (exact) mass is 280 g/mol. The van der Waals surface area contributed by atoms with E-state index in [2.05, 4.69) is 10.1 Å². The summed E-state index contributed by atoms with van der Waals surface area (Å²) in [6.07, 6.45) is 2.40. The molecule has 3 N–H and O–H groups in total. The Kier molecular flexibility index (Phi) is 4.34. The number of hydrogen-bond acceptors (Lipinski definition) is 4. The standard InChI is InChI=1S/C14H17FN2O3/c1-20-14(19)10-6-5-8(15)7-12(10)17-13(18)9-3-2-4-11(9)16/h5-7,9,11H,2-4,16H2,1H3,(H,17,18). The molecule has 0 spiro atoms. The van der Waals surface area contributed by atoms with Crippen LogP contribution < -0.4 is 11.1 Å². The van der Waals surface area contributed by atoms with Crippen LogP contribution in [0.15, 0.2) is 18.2 Å². The predicted molar refractivity (Wildman–Crippen MR) is 71.7 cm³/mol. The molecule has 0 radical (unpaired) electrons. The van der Waals surface area contributed by atoms with Gasteiger partial charge in [-0.25, -0.2) is 9.18 Å². The van der Waals surface area contributed by atoms with E-state index in [1.54, 1.807) is 0 Å². The summed E-state index contributed by atoms with van der Waals surface area (Å²) in [6.45, 7) is 0. The quantitative estimate of drug-likeness (QED) is 0.825. The number of ether oxygens (including phenoxy) is 1. The highest BCUT2D eigenvalue weighted by Crippen LogP contribution is 2.26. The van der Waals surface area contributed by atoms with Crippen LogP contribution in [0.2, 0.25) is 0 Å². The second-order valence-electron chi connectivity index (χ2n) is 4.87. The maximum atomic E-state index is 13.3. The fourth-order valence-electron chi connectivity index (χ4n) is 2.45. The van der Waals surface area contributed by atoms with E-state index in [1.165, 1.54) is 13.2 Å². The van der Waals surface area contributed by atoms with Crippen molar-refractivity contribution in [3.05, 3.63) is 29.6 Å². The average molecular weight is 280 g/mol. The fraction of sp³-hybridized carbons (Fsp3) is 0.429. The lowest BCUT2D eigenvalue weighted by Gasteiger charge is -2.16. The third-order valence-corrected chi connectivity index (χ3v) is 3.55. The summed E-state index contributed by atoms with van der Waals surface area (Å²) >= 11 is 0. The fourth-order valence-corrected chi connectivity index (χ4v) is 2.45. The van der Waals surface area contributed by atoms with E-state index in [-0.39, 0.29) is 29.1 Å². The molecule has 1 saturated carbocycles. The first kappa shape index (κ1) is 14.5. The van der Waals surface area contributed by atoms with E-state index in [9.17, 15) is 14.0 Å². The second kappa shape index (κ2) is 6.00. The summed E-state index contributed by atoms with van der Waals surface area (Å²) < 4.78 is 17.9. The number of hydrogen-bond donors (Lipinski definition) is 2. The van der Waals surface area contributed by atoms with E-state index in [0.29, 0.717) is 6.42 Å². The van der Waals surface area contributed by atoms with Gasteiger partial charge in [-0.1, -0.05) is 6.42 Å². The number of rotatable bonds is 3. The zero-order chi connectivity index (χ0) is 14.7. The normalized spacial score (nSPS) is 21.6. The molecular formula is C14H17FN2O3. The molecule has 0 heterocycles. The average Bonchev–Trinajstić information content (AvgIpc) is 2.84. The topological polar surface area (TPSA) is 81.4 Å². The number of carbonyl (C=O) groups is 2. The van der Waals surface area contributed by atoms with Crippen LogP contribution in [0, 0.1) is 11.7 Å². The van der Waals surface area contributed by atoms with Crippen LogP contribution in [-0.4, -0.2) is 25.0 Å². The van der Waals surface area contributed by atoms with Crippen molar-refractivity contribution in [1.29, 1.82) is 0 Å². The van der Waals surface area contributed by atoms with Gasteiger partial charge in [-0.2, -0.15) is 0 Å². The zero-order valence-electron chi connectivity index (χ0n) is 11.2. The van der Waals surface area contributed by atoms with Crippen molar-refractivity contribution in [2.24, 2.45) is 11.7 Å². The van der Waals surface area contributed by atoms with Crippen molar-refractivity contribution in [3.8, 4) is 0 Å². The highest BCUT2D eigenvalue weighted by atomic mass is 19.1. The third kappa shape index (κ3) is 2.96. The van der Waals surface area contributed by atoms with Crippen molar-refractivity contribution in [2.75, 3.05) is 12.4 Å². The number of esters is 1. The summed E-state index contributed by atoms with van der Waals surface area (Å²) in [5.74, 6) is -1.76. The third-order valence-electron chi connectivity index (χ3n) is 3.55. The van der Waals surface area contributed by atoms with Crippen molar-refractivity contribution >= 4 is 17.6 Å². The Morgan fingerprint density at radius 3 is 2.75 bits per heavy atom. The second-order valence-corrected chi connectivity index (χ2v) is 4.87. The number of halogens is 1. The number of nitrogens with two attached hydrogens (primary N) is 1. The van der Waals surface area contributed by atoms with E-state index < -0.39 is 11.8 Å². The van der Waals surface area contributed by atoms with Crippen molar-refractivity contribution < 1.29 is 18.7 Å². The molecule has 108 valence electrons. The maximum Gasteiger partial charge on any atom is 0.339 e. The molecule has 1 fully saturated rings. The molecule has 2 unspecified atom stereocenters. The van der Waals surface area contributed by atoms with Gasteiger partial charge < -0.3 is 15.8 Å². The first-order valence-corrected chi connectivity index (χ1v) is 6.47. The Bertz CT molecular complexity index is 533. The summed E-state index contributed by atoms with van der Waals surface area (Å²) in [6, 6.07) is 3.34. The molecule has 2 atom stereocenters. The lowest BCUT2D eigenvalue weighted by atomic mass is 10.0. The van der Waals surface area contributed by atoms with Gasteiger partial charge in [-0.15, -0.1) is 0 Å². The summed E-state index contributed by atoms with van der Waals surface area (Å²) in [4.78, 5) is 23.7. The van der Waals surface area contributed by atoms with E-state index in [4.69, 9.17) is 5.73 Å². The van der Waals surface area contributed by atoms with Crippen LogP contribution in [-0.2, 0) is 9.53 Å². The van der Waals surface area contributed by atoms with Crippen molar-refractivity contribution in [3.63, 3.8) is 0 Å². The molecule has 1 aliphatic rings. The van der Waals surface area contributed by atoms with Crippen molar-refractivity contribution in [1.82, 2.24) is 0 Å². The minimum atomic E-state index is -0.629. The molecule has 20 heavy (non-hydrogen) atoms. The van der Waals surface area contributed by atoms with Gasteiger partial charge in [0, 0.05) is 6.04 Å². The molecule has 1 amide bonds. The Labute approximate surface area is 116 Å². The van der Waals surface area contributed by atoms with Crippen LogP contribution in [0.5, 0.6) is 0 Å². The molecule has 0 saturated heterocycles. The molecule has 0 bridgehead atoms. The van der Waals surface area contributed by atoms with Gasteiger partial charge in [0.2, 0.25) is 5.91 Å². The summed E-state index contributed by atoms with van der Waals surface area (Å²) in [5, 5.41) is 2.58. The van der Waals surface area contributed by atoms with E-state index >= 15 is 0 Å². The van der Waals surface area contributed by atoms with Crippen LogP contribution in [0.1, 0.15) is 29.6 Å². The number of nitrogens with one attached hydrogen (secondary N) is 1. The molecule has 1 aromatic carbocycles. The lowest BCUT2D eigenvalue weighted by molar-refractivity contribution is -0.120. The smallest absolute Gasteiger partial charge is 0.339 e. The minimum Gasteiger partial charge on any atom is -0.465 e. The van der Waals surface area contributed by atoms with Gasteiger partial charge >= 0.3 is 5.97 Å². The first-order valence-electron chi connectivity index (χ1n) is 6.47. The lowest BCUT2D eigenvalue weighted by Crippen LogP contribution is -2.34. The van der Waals surface area contributed by atoms with E-state index in [0.717, 1.165) is 25.0 Å². The molecule has 1 aromatic rings. The summed E-state index contributed by atoms with van der Waals surface area (Å²) in [7, 11) is 1.23. The zero-order valence-corrected chi connectivity index (χ0v) is 11.2. The number of amides is 1. The largest absolute Gasteiger partial charge is 0.465 e. The Morgan fingerprint density at radius 2 is 2.15 bits per heavy atom. The van der Waals surface area contributed by atoms with Gasteiger partial charge in [0.05, 0.1) is 24.3 Å². The molecular weight excluding hydrogens is 263 g/mol. The highest BCUT2D eigenvalue weighted by Gasteiger charge is 2.30. The number of carbonyl (C=O) groups excluding carboxylic acids is 2. The minimum absolute atomic E-state index is 0.112. The highest BCUT2D eigenvalue weighted by molar-refractivity contribution is 6.02. The summed E-state index contributed by atoms with van der Waals surface area (Å²) in [5.41, 5.74) is 6.09. The number of methoxy groups -OCH3 is 1. The van der Waals surface area contributed by atoms with Gasteiger partial charge in [-0.3, -0.25) is 4.79 Å². The maximum absolute atomic E-state index is 13.3. The molecule has 2 rings (SSSR count). The van der Waals surface area contributed by atoms with Gasteiger partial charge in [0.25, 0.3) is 0 Å². The van der Waals surface area contributed by atoms with Crippen LogP contribution in [0.4, 0.5) is 10.1 Å². The molecule has 0 aromatic heterocycles. The number of anilines is 1. The Morgan fingerprint density at radius 1 is 1.40 bits per heavy atom. The Hall–Kier alpha value is -1.95. The van der Waals surface area contributed by atoms with Gasteiger partial charge in [-0.05, 0) is 31.0 Å². The van der Waals surface area contributed by atoms with Crippen molar-refractivity contribution in [2.45, 2.75) is 25.3 Å².